The van der Waals surface area contributed by atoms with E-state index in [-0.39, 0.29) is 18.5 Å². The zero-order chi connectivity index (χ0) is 17.6. The molecule has 8 heteroatoms. The van der Waals surface area contributed by atoms with Crippen LogP contribution in [0.4, 0.5) is 0 Å². The van der Waals surface area contributed by atoms with Crippen LogP contribution in [0, 0.1) is 0 Å². The number of nitrogens with zero attached hydrogens (tertiary/aromatic N) is 3. The van der Waals surface area contributed by atoms with Crippen molar-refractivity contribution in [2.24, 2.45) is 0 Å². The first-order valence-corrected chi connectivity index (χ1v) is 9.18. The summed E-state index contributed by atoms with van der Waals surface area (Å²) in [5.74, 6) is 1.62. The summed E-state index contributed by atoms with van der Waals surface area (Å²) in [7, 11) is 0. The third-order valence-electron chi connectivity index (χ3n) is 3.75. The van der Waals surface area contributed by atoms with Gasteiger partial charge in [-0.15, -0.1) is 5.10 Å². The molecular weight excluding hydrogens is 340 g/mol. The number of nitrogens with one attached hydrogen (secondary N) is 1. The molecule has 132 valence electrons. The number of aryl methyl sites for hydroxylation is 2. The van der Waals surface area contributed by atoms with Crippen molar-refractivity contribution in [3.8, 4) is 11.5 Å². The van der Waals surface area contributed by atoms with Gasteiger partial charge in [0, 0.05) is 6.54 Å². The maximum atomic E-state index is 12.0. The molecule has 1 amide bonds. The molecule has 2 heterocycles. The Morgan fingerprint density at radius 3 is 2.76 bits per heavy atom. The van der Waals surface area contributed by atoms with Crippen molar-refractivity contribution in [2.75, 3.05) is 12.5 Å². The van der Waals surface area contributed by atoms with Gasteiger partial charge in [0.25, 0.3) is 0 Å². The van der Waals surface area contributed by atoms with Gasteiger partial charge in [-0.1, -0.05) is 31.7 Å². The van der Waals surface area contributed by atoms with Crippen LogP contribution in [0.1, 0.15) is 30.8 Å². The molecule has 0 bridgehead atoms. The molecule has 0 saturated heterocycles. The number of aromatic nitrogens is 3. The SMILES string of the molecule is CCc1nnc(SCC(=O)NCc2ccc3c(c2)OCO3)nc1CC. The first-order chi connectivity index (χ1) is 12.2. The summed E-state index contributed by atoms with van der Waals surface area (Å²) in [6.45, 7) is 4.74. The number of benzene rings is 1. The van der Waals surface area contributed by atoms with E-state index >= 15 is 0 Å². The smallest absolute Gasteiger partial charge is 0.231 e. The Hall–Kier alpha value is -2.35. The lowest BCUT2D eigenvalue weighted by Gasteiger charge is -2.07. The molecule has 25 heavy (non-hydrogen) atoms. The van der Waals surface area contributed by atoms with Crippen molar-refractivity contribution in [3.05, 3.63) is 35.2 Å². The van der Waals surface area contributed by atoms with Crippen LogP contribution < -0.4 is 14.8 Å². The Kier molecular flexibility index (Phi) is 5.70. The molecule has 1 aromatic heterocycles. The van der Waals surface area contributed by atoms with Crippen molar-refractivity contribution in [1.82, 2.24) is 20.5 Å². The third kappa shape index (κ3) is 4.39. The van der Waals surface area contributed by atoms with E-state index in [1.807, 2.05) is 32.0 Å². The van der Waals surface area contributed by atoms with Crippen LogP contribution in [0.3, 0.4) is 0 Å². The van der Waals surface area contributed by atoms with E-state index in [4.69, 9.17) is 9.47 Å². The molecule has 0 aliphatic carbocycles. The summed E-state index contributed by atoms with van der Waals surface area (Å²) in [4.78, 5) is 16.5. The summed E-state index contributed by atoms with van der Waals surface area (Å²) < 4.78 is 10.6. The zero-order valence-corrected chi connectivity index (χ0v) is 15.1. The molecule has 1 aliphatic rings. The van der Waals surface area contributed by atoms with E-state index in [0.29, 0.717) is 17.5 Å². The second-order valence-electron chi connectivity index (χ2n) is 5.45. The fourth-order valence-electron chi connectivity index (χ4n) is 2.41. The van der Waals surface area contributed by atoms with Crippen LogP contribution in [0.2, 0.25) is 0 Å². The lowest BCUT2D eigenvalue weighted by atomic mass is 10.2. The number of fused-ring (bicyclic) bond motifs is 1. The van der Waals surface area contributed by atoms with Crippen molar-refractivity contribution >= 4 is 17.7 Å². The maximum Gasteiger partial charge on any atom is 0.231 e. The normalized spacial score (nSPS) is 12.2. The van der Waals surface area contributed by atoms with E-state index in [1.165, 1.54) is 11.8 Å². The van der Waals surface area contributed by atoms with Gasteiger partial charge in [-0.3, -0.25) is 4.79 Å². The number of thioether (sulfide) groups is 1. The molecule has 3 rings (SSSR count). The summed E-state index contributed by atoms with van der Waals surface area (Å²) >= 11 is 1.29. The molecule has 0 atom stereocenters. The number of rotatable bonds is 7. The van der Waals surface area contributed by atoms with E-state index in [0.717, 1.165) is 35.5 Å². The van der Waals surface area contributed by atoms with Crippen LogP contribution in [-0.4, -0.2) is 33.6 Å². The molecular formula is C17H20N4O3S. The highest BCUT2D eigenvalue weighted by Crippen LogP contribution is 2.32. The lowest BCUT2D eigenvalue weighted by Crippen LogP contribution is -2.24. The average Bonchev–Trinajstić information content (AvgIpc) is 3.12. The molecule has 0 saturated carbocycles. The van der Waals surface area contributed by atoms with Crippen LogP contribution in [0.5, 0.6) is 11.5 Å². The number of carbonyl (C=O) groups is 1. The van der Waals surface area contributed by atoms with Gasteiger partial charge < -0.3 is 14.8 Å². The first kappa shape index (κ1) is 17.5. The van der Waals surface area contributed by atoms with E-state index < -0.39 is 0 Å². The highest BCUT2D eigenvalue weighted by molar-refractivity contribution is 7.99. The number of amides is 1. The highest BCUT2D eigenvalue weighted by Gasteiger charge is 2.14. The van der Waals surface area contributed by atoms with Crippen molar-refractivity contribution < 1.29 is 14.3 Å². The topological polar surface area (TPSA) is 86.2 Å². The molecule has 2 aromatic rings. The standard InChI is InChI=1S/C17H20N4O3S/c1-3-12-13(4-2)20-21-17(19-12)25-9-16(22)18-8-11-5-6-14-15(7-11)24-10-23-14/h5-7H,3-4,8-10H2,1-2H3,(H,18,22). The largest absolute Gasteiger partial charge is 0.454 e. The predicted octanol–water partition coefficient (Wildman–Crippen LogP) is 2.13. The van der Waals surface area contributed by atoms with Crippen LogP contribution >= 0.6 is 11.8 Å². The summed E-state index contributed by atoms with van der Waals surface area (Å²) in [6.07, 6.45) is 1.62. The Labute approximate surface area is 150 Å². The monoisotopic (exact) mass is 360 g/mol. The Bertz CT molecular complexity index is 770. The van der Waals surface area contributed by atoms with Gasteiger partial charge in [0.15, 0.2) is 11.5 Å². The van der Waals surface area contributed by atoms with Crippen molar-refractivity contribution in [1.29, 1.82) is 0 Å². The molecule has 0 spiro atoms. The van der Waals surface area contributed by atoms with E-state index in [2.05, 4.69) is 20.5 Å². The second kappa shape index (κ2) is 8.15. The van der Waals surface area contributed by atoms with Gasteiger partial charge in [0.2, 0.25) is 17.9 Å². The van der Waals surface area contributed by atoms with Crippen LogP contribution in [0.25, 0.3) is 0 Å². The summed E-state index contributed by atoms with van der Waals surface area (Å²) in [5, 5.41) is 11.7. The summed E-state index contributed by atoms with van der Waals surface area (Å²) in [6, 6.07) is 5.63. The van der Waals surface area contributed by atoms with Gasteiger partial charge >= 0.3 is 0 Å². The molecule has 0 fully saturated rings. The minimum Gasteiger partial charge on any atom is -0.454 e. The van der Waals surface area contributed by atoms with Crippen molar-refractivity contribution in [2.45, 2.75) is 38.4 Å². The molecule has 0 radical (unpaired) electrons. The number of ether oxygens (including phenoxy) is 2. The van der Waals surface area contributed by atoms with Gasteiger partial charge in [-0.05, 0) is 30.5 Å². The second-order valence-corrected chi connectivity index (χ2v) is 6.39. The quantitative estimate of drug-likeness (QED) is 0.757. The third-order valence-corrected chi connectivity index (χ3v) is 4.59. The Morgan fingerprint density at radius 2 is 1.96 bits per heavy atom. The van der Waals surface area contributed by atoms with Crippen molar-refractivity contribution in [3.63, 3.8) is 0 Å². The van der Waals surface area contributed by atoms with E-state index in [9.17, 15) is 4.79 Å². The van der Waals surface area contributed by atoms with Crippen LogP contribution in [-0.2, 0) is 24.2 Å². The predicted molar refractivity (Wildman–Crippen MR) is 93.7 cm³/mol. The lowest BCUT2D eigenvalue weighted by molar-refractivity contribution is -0.118. The molecule has 1 N–H and O–H groups in total. The Balaban J connectivity index is 1.50. The maximum absolute atomic E-state index is 12.0. The minimum atomic E-state index is -0.0797. The molecule has 1 aliphatic heterocycles. The van der Waals surface area contributed by atoms with Crippen LogP contribution in [0.15, 0.2) is 23.4 Å². The number of hydrogen-bond acceptors (Lipinski definition) is 7. The minimum absolute atomic E-state index is 0.0797. The molecule has 0 unspecified atom stereocenters. The highest BCUT2D eigenvalue weighted by atomic mass is 32.2. The molecule has 1 aromatic carbocycles. The fraction of sp³-hybridized carbons (Fsp3) is 0.412. The zero-order valence-electron chi connectivity index (χ0n) is 14.2. The first-order valence-electron chi connectivity index (χ1n) is 8.20. The van der Waals surface area contributed by atoms with Gasteiger partial charge in [-0.25, -0.2) is 4.98 Å². The number of carbonyl (C=O) groups excluding carboxylic acids is 1. The van der Waals surface area contributed by atoms with Gasteiger partial charge in [-0.2, -0.15) is 5.10 Å². The fourth-order valence-corrected chi connectivity index (χ4v) is 3.05. The number of hydrogen-bond donors (Lipinski definition) is 1. The molecule has 7 nitrogen and oxygen atoms in total. The van der Waals surface area contributed by atoms with E-state index in [1.54, 1.807) is 0 Å². The summed E-state index contributed by atoms with van der Waals surface area (Å²) in [5.41, 5.74) is 2.82. The Morgan fingerprint density at radius 1 is 1.16 bits per heavy atom. The van der Waals surface area contributed by atoms with Gasteiger partial charge in [0.05, 0.1) is 17.1 Å². The van der Waals surface area contributed by atoms with Gasteiger partial charge in [0.1, 0.15) is 0 Å². The average molecular weight is 360 g/mol.